The Bertz CT molecular complexity index is 820. The molecule has 1 saturated heterocycles. The molecule has 1 aromatic rings. The summed E-state index contributed by atoms with van der Waals surface area (Å²) in [6.45, 7) is 3.84. The Labute approximate surface area is 220 Å². The van der Waals surface area contributed by atoms with Gasteiger partial charge in [0.05, 0.1) is 24.5 Å². The van der Waals surface area contributed by atoms with Crippen molar-refractivity contribution in [2.24, 2.45) is 5.92 Å². The van der Waals surface area contributed by atoms with Crippen LogP contribution in [0.1, 0.15) is 70.8 Å². The lowest BCUT2D eigenvalue weighted by molar-refractivity contribution is -0.174. The standard InChI is InChI=1S/C28H43NO6S/c1-5-6-7-8-12-15-24-20(2)28(33)35-25(16-17-36-4)27(32)29(3)22(23(30)19-26(31)34-24)18-21-13-10-9-11-14-21/h9-11,13-14,20,22-25,30H,5-8,12,15-19H2,1-4H3/t20-,22-,23+,24+,25-/m0/s1. The van der Waals surface area contributed by atoms with Crippen LogP contribution in [0.4, 0.5) is 0 Å². The first-order valence-electron chi connectivity index (χ1n) is 13.2. The molecule has 1 fully saturated rings. The number of carbonyl (C=O) groups is 3. The summed E-state index contributed by atoms with van der Waals surface area (Å²) in [5.41, 5.74) is 0.929. The Hall–Kier alpha value is -2.06. The predicted molar refractivity (Wildman–Crippen MR) is 143 cm³/mol. The van der Waals surface area contributed by atoms with Gasteiger partial charge in [0.25, 0.3) is 5.91 Å². The first-order valence-corrected chi connectivity index (χ1v) is 14.5. The van der Waals surface area contributed by atoms with Gasteiger partial charge in [0.1, 0.15) is 6.10 Å². The highest BCUT2D eigenvalue weighted by atomic mass is 32.2. The van der Waals surface area contributed by atoms with Gasteiger partial charge in [0, 0.05) is 13.5 Å². The van der Waals surface area contributed by atoms with E-state index in [1.807, 2.05) is 36.6 Å². The number of cyclic esters (lactones) is 2. The molecule has 36 heavy (non-hydrogen) atoms. The third-order valence-electron chi connectivity index (χ3n) is 6.88. The van der Waals surface area contributed by atoms with Gasteiger partial charge in [-0.05, 0) is 43.8 Å². The highest BCUT2D eigenvalue weighted by Crippen LogP contribution is 2.24. The number of rotatable bonds is 11. The molecule has 0 radical (unpaired) electrons. The first kappa shape index (κ1) is 30.2. The van der Waals surface area contributed by atoms with Crippen LogP contribution >= 0.6 is 11.8 Å². The van der Waals surface area contributed by atoms with Gasteiger partial charge in [-0.25, -0.2) is 0 Å². The van der Waals surface area contributed by atoms with Gasteiger partial charge in [-0.2, -0.15) is 11.8 Å². The van der Waals surface area contributed by atoms with E-state index in [2.05, 4.69) is 6.92 Å². The van der Waals surface area contributed by atoms with E-state index in [1.54, 1.807) is 25.7 Å². The van der Waals surface area contributed by atoms with Crippen LogP contribution in [0.25, 0.3) is 0 Å². The third kappa shape index (κ3) is 9.43. The van der Waals surface area contributed by atoms with Crippen molar-refractivity contribution in [3.8, 4) is 0 Å². The van der Waals surface area contributed by atoms with E-state index in [9.17, 15) is 19.5 Å². The van der Waals surface area contributed by atoms with Crippen LogP contribution in [0.2, 0.25) is 0 Å². The summed E-state index contributed by atoms with van der Waals surface area (Å²) in [5, 5.41) is 11.1. The number of thioether (sulfide) groups is 1. The summed E-state index contributed by atoms with van der Waals surface area (Å²) in [6, 6.07) is 8.84. The Morgan fingerprint density at radius 1 is 1.03 bits per heavy atom. The van der Waals surface area contributed by atoms with Crippen molar-refractivity contribution in [3.63, 3.8) is 0 Å². The van der Waals surface area contributed by atoms with Crippen LogP contribution in [-0.2, 0) is 30.3 Å². The maximum absolute atomic E-state index is 13.5. The summed E-state index contributed by atoms with van der Waals surface area (Å²) in [5.74, 6) is -1.52. The molecule has 1 heterocycles. The van der Waals surface area contributed by atoms with E-state index in [0.717, 1.165) is 37.7 Å². The molecule has 0 aliphatic carbocycles. The number of ether oxygens (including phenoxy) is 2. The number of aliphatic hydroxyl groups is 1. The monoisotopic (exact) mass is 521 g/mol. The van der Waals surface area contributed by atoms with Gasteiger partial charge in [0.15, 0.2) is 6.10 Å². The lowest BCUT2D eigenvalue weighted by Gasteiger charge is -2.35. The van der Waals surface area contributed by atoms with E-state index < -0.39 is 42.2 Å². The fourth-order valence-electron chi connectivity index (χ4n) is 4.52. The van der Waals surface area contributed by atoms with E-state index in [1.165, 1.54) is 4.90 Å². The van der Waals surface area contributed by atoms with Crippen molar-refractivity contribution in [2.45, 2.75) is 96.0 Å². The number of aliphatic hydroxyl groups excluding tert-OH is 1. The molecule has 1 N–H and O–H groups in total. The minimum atomic E-state index is -1.12. The topological polar surface area (TPSA) is 93.1 Å². The zero-order valence-corrected chi connectivity index (χ0v) is 23.0. The SMILES string of the molecule is CCCCCCC[C@H]1OC(=O)C[C@@H](O)[C@H](Cc2ccccc2)N(C)C(=O)[C@H](CCSC)OC(=O)[C@H]1C. The number of amides is 1. The zero-order valence-electron chi connectivity index (χ0n) is 22.2. The molecular weight excluding hydrogens is 478 g/mol. The van der Waals surface area contributed by atoms with Crippen molar-refractivity contribution in [3.05, 3.63) is 35.9 Å². The lowest BCUT2D eigenvalue weighted by atomic mass is 9.96. The Morgan fingerprint density at radius 2 is 1.72 bits per heavy atom. The maximum atomic E-state index is 13.5. The van der Waals surface area contributed by atoms with E-state index in [-0.39, 0.29) is 12.3 Å². The van der Waals surface area contributed by atoms with Crippen molar-refractivity contribution >= 4 is 29.6 Å². The van der Waals surface area contributed by atoms with E-state index in [4.69, 9.17) is 9.47 Å². The van der Waals surface area contributed by atoms with Gasteiger partial charge in [0.2, 0.25) is 0 Å². The van der Waals surface area contributed by atoms with Gasteiger partial charge in [-0.1, -0.05) is 62.9 Å². The van der Waals surface area contributed by atoms with Gasteiger partial charge in [-0.15, -0.1) is 0 Å². The molecule has 1 amide bonds. The summed E-state index contributed by atoms with van der Waals surface area (Å²) in [6.07, 6.45) is 5.40. The first-order chi connectivity index (χ1) is 17.3. The summed E-state index contributed by atoms with van der Waals surface area (Å²) in [7, 11) is 1.60. The van der Waals surface area contributed by atoms with Crippen LogP contribution in [0, 0.1) is 5.92 Å². The normalized spacial score (nSPS) is 26.1. The van der Waals surface area contributed by atoms with Crippen LogP contribution in [0.5, 0.6) is 0 Å². The predicted octanol–water partition coefficient (Wildman–Crippen LogP) is 4.39. The molecule has 202 valence electrons. The molecule has 0 saturated carbocycles. The molecule has 1 aliphatic rings. The molecule has 0 aromatic heterocycles. The van der Waals surface area contributed by atoms with E-state index >= 15 is 0 Å². The third-order valence-corrected chi connectivity index (χ3v) is 7.52. The van der Waals surface area contributed by atoms with Crippen LogP contribution in [0.15, 0.2) is 30.3 Å². The second kappa shape index (κ2) is 15.9. The van der Waals surface area contributed by atoms with Crippen LogP contribution in [0.3, 0.4) is 0 Å². The summed E-state index contributed by atoms with van der Waals surface area (Å²) < 4.78 is 11.5. The lowest BCUT2D eigenvalue weighted by Crippen LogP contribution is -2.52. The highest BCUT2D eigenvalue weighted by Gasteiger charge is 2.38. The quantitative estimate of drug-likeness (QED) is 0.341. The molecule has 0 bridgehead atoms. The largest absolute Gasteiger partial charge is 0.461 e. The second-order valence-corrected chi connectivity index (χ2v) is 10.7. The molecule has 1 aromatic carbocycles. The minimum Gasteiger partial charge on any atom is -0.461 e. The van der Waals surface area contributed by atoms with Crippen molar-refractivity contribution in [1.82, 2.24) is 4.90 Å². The Kier molecular flexibility index (Phi) is 13.3. The van der Waals surface area contributed by atoms with Gasteiger partial charge in [-0.3, -0.25) is 14.4 Å². The summed E-state index contributed by atoms with van der Waals surface area (Å²) in [4.78, 5) is 40.9. The molecule has 8 heteroatoms. The van der Waals surface area contributed by atoms with Crippen LogP contribution < -0.4 is 0 Å². The molecule has 2 rings (SSSR count). The smallest absolute Gasteiger partial charge is 0.313 e. The fourth-order valence-corrected chi connectivity index (χ4v) is 4.97. The highest BCUT2D eigenvalue weighted by molar-refractivity contribution is 7.98. The number of unbranched alkanes of at least 4 members (excludes halogenated alkanes) is 4. The molecular formula is C28H43NO6S. The summed E-state index contributed by atoms with van der Waals surface area (Å²) >= 11 is 1.57. The number of nitrogens with zero attached hydrogens (tertiary/aromatic N) is 1. The molecule has 5 atom stereocenters. The average Bonchev–Trinajstić information content (AvgIpc) is 2.87. The van der Waals surface area contributed by atoms with Crippen molar-refractivity contribution < 1.29 is 29.0 Å². The zero-order chi connectivity index (χ0) is 26.5. The minimum absolute atomic E-state index is 0.251. The maximum Gasteiger partial charge on any atom is 0.313 e. The van der Waals surface area contributed by atoms with E-state index in [0.29, 0.717) is 25.0 Å². The average molecular weight is 522 g/mol. The Balaban J connectivity index is 2.30. The van der Waals surface area contributed by atoms with Gasteiger partial charge >= 0.3 is 11.9 Å². The number of benzene rings is 1. The molecule has 7 nitrogen and oxygen atoms in total. The Morgan fingerprint density at radius 3 is 2.39 bits per heavy atom. The number of carbonyl (C=O) groups excluding carboxylic acids is 3. The fraction of sp³-hybridized carbons (Fsp3) is 0.679. The second-order valence-electron chi connectivity index (χ2n) is 9.70. The van der Waals surface area contributed by atoms with Crippen LogP contribution in [-0.4, -0.2) is 71.3 Å². The van der Waals surface area contributed by atoms with Gasteiger partial charge < -0.3 is 19.5 Å². The number of hydrogen-bond donors (Lipinski definition) is 1. The van der Waals surface area contributed by atoms with Crippen molar-refractivity contribution in [1.29, 1.82) is 0 Å². The van der Waals surface area contributed by atoms with Crippen molar-refractivity contribution in [2.75, 3.05) is 19.1 Å². The number of esters is 2. The molecule has 0 unspecified atom stereocenters. The number of hydrogen-bond acceptors (Lipinski definition) is 7. The molecule has 1 aliphatic heterocycles. The number of likely N-dealkylation sites (N-methyl/N-ethyl adjacent to an activating group) is 1. The molecule has 0 spiro atoms.